The first kappa shape index (κ1) is 17.1. The molecule has 0 saturated carbocycles. The van der Waals surface area contributed by atoms with Gasteiger partial charge in [-0.15, -0.1) is 0 Å². The van der Waals surface area contributed by atoms with Crippen LogP contribution in [0.25, 0.3) is 0 Å². The van der Waals surface area contributed by atoms with E-state index >= 15 is 0 Å². The first-order chi connectivity index (χ1) is 11.7. The van der Waals surface area contributed by atoms with Gasteiger partial charge >= 0.3 is 0 Å². The molecule has 0 radical (unpaired) electrons. The van der Waals surface area contributed by atoms with Crippen LogP contribution in [0.5, 0.6) is 0 Å². The van der Waals surface area contributed by atoms with Crippen LogP contribution >= 0.6 is 0 Å². The van der Waals surface area contributed by atoms with E-state index in [-0.39, 0.29) is 37.4 Å². The summed E-state index contributed by atoms with van der Waals surface area (Å²) >= 11 is 0. The molecule has 7 heteroatoms. The lowest BCUT2D eigenvalue weighted by atomic mass is 10.2. The maximum Gasteiger partial charge on any atom is 0.269 e. The molecule has 7 nitrogen and oxygen atoms in total. The zero-order valence-corrected chi connectivity index (χ0v) is 13.0. The van der Waals surface area contributed by atoms with E-state index < -0.39 is 0 Å². The number of hydrogen-bond acceptors (Lipinski definition) is 4. The summed E-state index contributed by atoms with van der Waals surface area (Å²) in [5, 5.41) is 7.77. The fourth-order valence-electron chi connectivity index (χ4n) is 1.88. The second kappa shape index (κ2) is 9.04. The number of nitrogens with one attached hydrogen (secondary N) is 3. The maximum atomic E-state index is 11.8. The van der Waals surface area contributed by atoms with Gasteiger partial charge in [0.25, 0.3) is 11.8 Å². The predicted molar refractivity (Wildman–Crippen MR) is 88.4 cm³/mol. The van der Waals surface area contributed by atoms with Crippen molar-refractivity contribution in [3.63, 3.8) is 0 Å². The molecule has 2 aromatic rings. The summed E-state index contributed by atoms with van der Waals surface area (Å²) in [5.41, 5.74) is 0.812. The average Bonchev–Trinajstić information content (AvgIpc) is 2.64. The number of aromatic nitrogens is 1. The quantitative estimate of drug-likeness (QED) is 0.640. The Bertz CT molecular complexity index is 689. The molecule has 0 fully saturated rings. The lowest BCUT2D eigenvalue weighted by molar-refractivity contribution is -0.120. The van der Waals surface area contributed by atoms with E-state index in [1.165, 1.54) is 6.20 Å². The lowest BCUT2D eigenvalue weighted by Crippen LogP contribution is -2.40. The molecular weight excluding hydrogens is 308 g/mol. The second-order valence-electron chi connectivity index (χ2n) is 4.87. The predicted octanol–water partition coefficient (Wildman–Crippen LogP) is 0.358. The highest BCUT2D eigenvalue weighted by atomic mass is 16.2. The van der Waals surface area contributed by atoms with Crippen molar-refractivity contribution in [2.75, 3.05) is 19.6 Å². The van der Waals surface area contributed by atoms with Crippen molar-refractivity contribution in [2.24, 2.45) is 0 Å². The molecule has 0 aliphatic carbocycles. The number of hydrogen-bond donors (Lipinski definition) is 3. The molecule has 2 rings (SSSR count). The van der Waals surface area contributed by atoms with E-state index in [1.54, 1.807) is 42.5 Å². The third kappa shape index (κ3) is 5.53. The van der Waals surface area contributed by atoms with Gasteiger partial charge < -0.3 is 16.0 Å². The van der Waals surface area contributed by atoms with Crippen molar-refractivity contribution in [1.82, 2.24) is 20.9 Å². The topological polar surface area (TPSA) is 100 Å². The molecule has 1 aromatic carbocycles. The SMILES string of the molecule is O=C(CNC(=O)c1ccccc1)NCCNC(=O)c1ccccn1. The number of carbonyl (C=O) groups is 3. The molecular formula is C17H18N4O3. The summed E-state index contributed by atoms with van der Waals surface area (Å²) in [6.07, 6.45) is 1.53. The summed E-state index contributed by atoms with van der Waals surface area (Å²) in [4.78, 5) is 39.1. The molecule has 124 valence electrons. The van der Waals surface area contributed by atoms with Crippen LogP contribution < -0.4 is 16.0 Å². The summed E-state index contributed by atoms with van der Waals surface area (Å²) < 4.78 is 0. The zero-order valence-electron chi connectivity index (χ0n) is 13.0. The van der Waals surface area contributed by atoms with Crippen molar-refractivity contribution < 1.29 is 14.4 Å². The molecule has 0 spiro atoms. The first-order valence-electron chi connectivity index (χ1n) is 7.46. The summed E-state index contributed by atoms with van der Waals surface area (Å²) in [6.45, 7) is 0.411. The zero-order chi connectivity index (χ0) is 17.2. The maximum absolute atomic E-state index is 11.8. The monoisotopic (exact) mass is 326 g/mol. The van der Waals surface area contributed by atoms with Crippen LogP contribution in [0.4, 0.5) is 0 Å². The molecule has 3 amide bonds. The van der Waals surface area contributed by atoms with E-state index in [1.807, 2.05) is 6.07 Å². The van der Waals surface area contributed by atoms with E-state index in [2.05, 4.69) is 20.9 Å². The molecule has 0 aliphatic heterocycles. The standard InChI is InChI=1S/C17H18N4O3/c22-15(12-21-16(23)13-6-2-1-3-7-13)19-10-11-20-17(24)14-8-4-5-9-18-14/h1-9H,10-12H2,(H,19,22)(H,20,24)(H,21,23). The van der Waals surface area contributed by atoms with E-state index in [9.17, 15) is 14.4 Å². The summed E-state index contributed by atoms with van der Waals surface area (Å²) in [6, 6.07) is 13.7. The van der Waals surface area contributed by atoms with Crippen LogP contribution in [-0.2, 0) is 4.79 Å². The first-order valence-corrected chi connectivity index (χ1v) is 7.46. The summed E-state index contributed by atoms with van der Waals surface area (Å²) in [7, 11) is 0. The van der Waals surface area contributed by atoms with Gasteiger partial charge in [-0.3, -0.25) is 19.4 Å². The highest BCUT2D eigenvalue weighted by Crippen LogP contribution is 1.97. The Morgan fingerprint density at radius 2 is 1.50 bits per heavy atom. The number of benzene rings is 1. The number of amides is 3. The van der Waals surface area contributed by atoms with Gasteiger partial charge in [0.05, 0.1) is 6.54 Å². The van der Waals surface area contributed by atoms with E-state index in [0.29, 0.717) is 11.3 Å². The van der Waals surface area contributed by atoms with Gasteiger partial charge in [0.2, 0.25) is 5.91 Å². The molecule has 0 unspecified atom stereocenters. The number of pyridine rings is 1. The minimum Gasteiger partial charge on any atom is -0.353 e. The summed E-state index contributed by atoms with van der Waals surface area (Å²) in [5.74, 6) is -0.942. The Labute approximate surface area is 139 Å². The highest BCUT2D eigenvalue weighted by molar-refractivity contribution is 5.96. The lowest BCUT2D eigenvalue weighted by Gasteiger charge is -2.08. The normalized spacial score (nSPS) is 9.83. The number of rotatable bonds is 7. The molecule has 3 N–H and O–H groups in total. The van der Waals surface area contributed by atoms with Gasteiger partial charge in [-0.05, 0) is 24.3 Å². The van der Waals surface area contributed by atoms with Crippen LogP contribution in [0.1, 0.15) is 20.8 Å². The smallest absolute Gasteiger partial charge is 0.269 e. The fraction of sp³-hybridized carbons (Fsp3) is 0.176. The molecule has 0 saturated heterocycles. The van der Waals surface area contributed by atoms with Crippen molar-refractivity contribution in [3.05, 3.63) is 66.0 Å². The van der Waals surface area contributed by atoms with Gasteiger partial charge in [0, 0.05) is 24.8 Å². The minimum absolute atomic E-state index is 0.123. The molecule has 0 atom stereocenters. The Balaban J connectivity index is 1.62. The molecule has 1 heterocycles. The minimum atomic E-state index is -0.327. The highest BCUT2D eigenvalue weighted by Gasteiger charge is 2.08. The van der Waals surface area contributed by atoms with Gasteiger partial charge in [0.1, 0.15) is 5.69 Å². The second-order valence-corrected chi connectivity index (χ2v) is 4.87. The van der Waals surface area contributed by atoms with Crippen LogP contribution in [-0.4, -0.2) is 42.3 Å². The van der Waals surface area contributed by atoms with Gasteiger partial charge in [-0.1, -0.05) is 24.3 Å². The molecule has 1 aromatic heterocycles. The van der Waals surface area contributed by atoms with Crippen molar-refractivity contribution >= 4 is 17.7 Å². The van der Waals surface area contributed by atoms with Gasteiger partial charge in [-0.25, -0.2) is 0 Å². The van der Waals surface area contributed by atoms with Crippen LogP contribution in [0.15, 0.2) is 54.7 Å². The van der Waals surface area contributed by atoms with Gasteiger partial charge in [0.15, 0.2) is 0 Å². The van der Waals surface area contributed by atoms with Crippen molar-refractivity contribution in [1.29, 1.82) is 0 Å². The fourth-order valence-corrected chi connectivity index (χ4v) is 1.88. The number of carbonyl (C=O) groups excluding carboxylic acids is 3. The van der Waals surface area contributed by atoms with Crippen molar-refractivity contribution in [3.8, 4) is 0 Å². The third-order valence-corrected chi connectivity index (χ3v) is 3.08. The third-order valence-electron chi connectivity index (χ3n) is 3.08. The average molecular weight is 326 g/mol. The van der Waals surface area contributed by atoms with Crippen molar-refractivity contribution in [2.45, 2.75) is 0 Å². The largest absolute Gasteiger partial charge is 0.353 e. The van der Waals surface area contributed by atoms with E-state index in [0.717, 1.165) is 0 Å². The van der Waals surface area contributed by atoms with Crippen LogP contribution in [0, 0.1) is 0 Å². The molecule has 0 aliphatic rings. The Hall–Kier alpha value is -3.22. The Morgan fingerprint density at radius 1 is 0.792 bits per heavy atom. The Morgan fingerprint density at radius 3 is 2.21 bits per heavy atom. The van der Waals surface area contributed by atoms with Gasteiger partial charge in [-0.2, -0.15) is 0 Å². The van der Waals surface area contributed by atoms with E-state index in [4.69, 9.17) is 0 Å². The number of nitrogens with zero attached hydrogens (tertiary/aromatic N) is 1. The molecule has 0 bridgehead atoms. The van der Waals surface area contributed by atoms with Crippen LogP contribution in [0.3, 0.4) is 0 Å². The molecule has 24 heavy (non-hydrogen) atoms. The van der Waals surface area contributed by atoms with Crippen LogP contribution in [0.2, 0.25) is 0 Å². The Kier molecular flexibility index (Phi) is 6.46.